The molecule has 0 aliphatic carbocycles. The van der Waals surface area contributed by atoms with Gasteiger partial charge >= 0.3 is 0 Å². The van der Waals surface area contributed by atoms with Gasteiger partial charge in [-0.05, 0) is 30.2 Å². The Hall–Kier alpha value is -1.27. The van der Waals surface area contributed by atoms with Crippen LogP contribution in [0.5, 0.6) is 5.75 Å². The fraction of sp³-hybridized carbons (Fsp3) is 0.417. The lowest BCUT2D eigenvalue weighted by Crippen LogP contribution is -2.27. The molecule has 0 saturated carbocycles. The van der Waals surface area contributed by atoms with E-state index in [0.717, 1.165) is 0 Å². The molecule has 0 spiro atoms. The molecule has 5 nitrogen and oxygen atoms in total. The summed E-state index contributed by atoms with van der Waals surface area (Å²) in [5.41, 5.74) is 0.688. The molecule has 0 aliphatic heterocycles. The number of nitrogens with zero attached hydrogens (tertiary/aromatic N) is 1. The van der Waals surface area contributed by atoms with E-state index in [9.17, 15) is 13.2 Å². The number of benzene rings is 1. The van der Waals surface area contributed by atoms with Gasteiger partial charge in [-0.3, -0.25) is 4.79 Å². The maximum absolute atomic E-state index is 11.4. The van der Waals surface area contributed by atoms with Crippen LogP contribution in [0.3, 0.4) is 0 Å². The maximum Gasteiger partial charge on any atom is 0.261 e. The summed E-state index contributed by atoms with van der Waals surface area (Å²) in [5, 5.41) is 0. The van der Waals surface area contributed by atoms with Gasteiger partial charge in [-0.25, -0.2) is 8.42 Å². The number of rotatable bonds is 5. The zero-order valence-electron chi connectivity index (χ0n) is 11.0. The normalized spacial score (nSPS) is 11.2. The number of hydrogen-bond acceptors (Lipinski definition) is 4. The molecule has 0 fully saturated rings. The molecule has 1 aromatic rings. The molecule has 0 aromatic heterocycles. The molecule has 106 valence electrons. The molecular formula is C12H16ClNO4S. The van der Waals surface area contributed by atoms with Crippen molar-refractivity contribution in [1.29, 1.82) is 0 Å². The highest BCUT2D eigenvalue weighted by molar-refractivity contribution is 8.13. The molecule has 0 atom stereocenters. The van der Waals surface area contributed by atoms with E-state index in [0.29, 0.717) is 17.7 Å². The molecule has 0 aliphatic rings. The van der Waals surface area contributed by atoms with Gasteiger partial charge in [0.05, 0.1) is 4.90 Å². The number of ether oxygens (including phenoxy) is 1. The van der Waals surface area contributed by atoms with Gasteiger partial charge in [-0.2, -0.15) is 0 Å². The molecule has 1 aromatic carbocycles. The van der Waals surface area contributed by atoms with Crippen LogP contribution in [0.25, 0.3) is 0 Å². The molecule has 19 heavy (non-hydrogen) atoms. The standard InChI is InChI=1S/C12H16ClNO4S/c1-4-9-7-10(19(13,16)17)5-6-11(9)18-8-12(15)14(2)3/h5-7H,4,8H2,1-3H3. The van der Waals surface area contributed by atoms with Gasteiger partial charge in [0.2, 0.25) is 0 Å². The van der Waals surface area contributed by atoms with E-state index >= 15 is 0 Å². The molecule has 0 N–H and O–H groups in total. The summed E-state index contributed by atoms with van der Waals surface area (Å²) in [6, 6.07) is 4.33. The van der Waals surface area contributed by atoms with Gasteiger partial charge in [0.1, 0.15) is 5.75 Å². The Morgan fingerprint density at radius 1 is 1.37 bits per heavy atom. The minimum atomic E-state index is -3.76. The monoisotopic (exact) mass is 305 g/mol. The third-order valence-corrected chi connectivity index (χ3v) is 3.90. The lowest BCUT2D eigenvalue weighted by Gasteiger charge is -2.14. The number of aryl methyl sites for hydroxylation is 1. The first-order valence-electron chi connectivity index (χ1n) is 5.66. The highest BCUT2D eigenvalue weighted by Gasteiger charge is 2.14. The van der Waals surface area contributed by atoms with E-state index in [-0.39, 0.29) is 17.4 Å². The summed E-state index contributed by atoms with van der Waals surface area (Å²) in [4.78, 5) is 12.9. The van der Waals surface area contributed by atoms with E-state index in [1.54, 1.807) is 14.1 Å². The summed E-state index contributed by atoms with van der Waals surface area (Å²) < 4.78 is 27.9. The average Bonchev–Trinajstić information content (AvgIpc) is 2.34. The second-order valence-electron chi connectivity index (χ2n) is 4.14. The second-order valence-corrected chi connectivity index (χ2v) is 6.70. The fourth-order valence-electron chi connectivity index (χ4n) is 1.39. The Bertz CT molecular complexity index is 569. The molecular weight excluding hydrogens is 290 g/mol. The van der Waals surface area contributed by atoms with Gasteiger partial charge < -0.3 is 9.64 Å². The zero-order valence-corrected chi connectivity index (χ0v) is 12.6. The number of carbonyl (C=O) groups excluding carboxylic acids is 1. The van der Waals surface area contributed by atoms with Crippen molar-refractivity contribution in [2.75, 3.05) is 20.7 Å². The second kappa shape index (κ2) is 6.25. The summed E-state index contributed by atoms with van der Waals surface area (Å²) in [6.07, 6.45) is 0.575. The van der Waals surface area contributed by atoms with Crippen LogP contribution in [-0.4, -0.2) is 39.9 Å². The number of likely N-dealkylation sites (N-methyl/N-ethyl adjacent to an activating group) is 1. The van der Waals surface area contributed by atoms with Gasteiger partial charge in [0, 0.05) is 24.8 Å². The van der Waals surface area contributed by atoms with Crippen LogP contribution >= 0.6 is 10.7 Å². The molecule has 7 heteroatoms. The van der Waals surface area contributed by atoms with Crippen molar-refractivity contribution in [2.24, 2.45) is 0 Å². The van der Waals surface area contributed by atoms with Crippen molar-refractivity contribution in [1.82, 2.24) is 4.90 Å². The number of halogens is 1. The van der Waals surface area contributed by atoms with Gasteiger partial charge in [0.25, 0.3) is 15.0 Å². The van der Waals surface area contributed by atoms with E-state index in [4.69, 9.17) is 15.4 Å². The van der Waals surface area contributed by atoms with Crippen molar-refractivity contribution in [2.45, 2.75) is 18.2 Å². The molecule has 0 bridgehead atoms. The van der Waals surface area contributed by atoms with Crippen LogP contribution in [0.4, 0.5) is 0 Å². The largest absolute Gasteiger partial charge is 0.483 e. The number of carbonyl (C=O) groups is 1. The lowest BCUT2D eigenvalue weighted by atomic mass is 10.1. The third-order valence-electron chi connectivity index (χ3n) is 2.54. The Kier molecular flexibility index (Phi) is 5.20. The maximum atomic E-state index is 11.4. The SMILES string of the molecule is CCc1cc(S(=O)(=O)Cl)ccc1OCC(=O)N(C)C. The molecule has 0 unspecified atom stereocenters. The summed E-state index contributed by atoms with van der Waals surface area (Å²) >= 11 is 0. The average molecular weight is 306 g/mol. The topological polar surface area (TPSA) is 63.7 Å². The van der Waals surface area contributed by atoms with Crippen molar-refractivity contribution < 1.29 is 17.9 Å². The van der Waals surface area contributed by atoms with E-state index in [2.05, 4.69) is 0 Å². The minimum Gasteiger partial charge on any atom is -0.483 e. The number of hydrogen-bond donors (Lipinski definition) is 0. The van der Waals surface area contributed by atoms with Gasteiger partial charge in [-0.1, -0.05) is 6.92 Å². The summed E-state index contributed by atoms with van der Waals surface area (Å²) in [7, 11) is 4.79. The minimum absolute atomic E-state index is 0.0253. The molecule has 1 rings (SSSR count). The quantitative estimate of drug-likeness (QED) is 0.776. The van der Waals surface area contributed by atoms with Crippen LogP contribution in [0, 0.1) is 0 Å². The van der Waals surface area contributed by atoms with Crippen LogP contribution in [0.15, 0.2) is 23.1 Å². The Morgan fingerprint density at radius 3 is 2.47 bits per heavy atom. The van der Waals surface area contributed by atoms with Crippen molar-refractivity contribution in [3.05, 3.63) is 23.8 Å². The van der Waals surface area contributed by atoms with E-state index in [1.165, 1.54) is 23.1 Å². The first-order chi connectivity index (χ1) is 8.75. The van der Waals surface area contributed by atoms with E-state index in [1.807, 2.05) is 6.92 Å². The van der Waals surface area contributed by atoms with Gasteiger partial charge in [-0.15, -0.1) is 0 Å². The first-order valence-corrected chi connectivity index (χ1v) is 7.97. The van der Waals surface area contributed by atoms with Crippen LogP contribution in [0.1, 0.15) is 12.5 Å². The van der Waals surface area contributed by atoms with Crippen molar-refractivity contribution in [3.63, 3.8) is 0 Å². The highest BCUT2D eigenvalue weighted by Crippen LogP contribution is 2.25. The van der Waals surface area contributed by atoms with Crippen LogP contribution in [0.2, 0.25) is 0 Å². The zero-order chi connectivity index (χ0) is 14.6. The van der Waals surface area contributed by atoms with Crippen LogP contribution in [-0.2, 0) is 20.3 Å². The smallest absolute Gasteiger partial charge is 0.261 e. The Balaban J connectivity index is 2.94. The molecule has 1 amide bonds. The Morgan fingerprint density at radius 2 is 2.00 bits per heavy atom. The number of amides is 1. The predicted octanol–water partition coefficient (Wildman–Crippen LogP) is 1.64. The van der Waals surface area contributed by atoms with Crippen molar-refractivity contribution in [3.8, 4) is 5.75 Å². The molecule has 0 heterocycles. The molecule has 0 radical (unpaired) electrons. The van der Waals surface area contributed by atoms with Crippen molar-refractivity contribution >= 4 is 25.6 Å². The molecule has 0 saturated heterocycles. The summed E-state index contributed by atoms with van der Waals surface area (Å²) in [5.74, 6) is 0.317. The summed E-state index contributed by atoms with van der Waals surface area (Å²) in [6.45, 7) is 1.77. The fourth-order valence-corrected chi connectivity index (χ4v) is 2.19. The predicted molar refractivity (Wildman–Crippen MR) is 73.0 cm³/mol. The highest BCUT2D eigenvalue weighted by atomic mass is 35.7. The van der Waals surface area contributed by atoms with Gasteiger partial charge in [0.15, 0.2) is 6.61 Å². The van der Waals surface area contributed by atoms with Crippen LogP contribution < -0.4 is 4.74 Å². The van der Waals surface area contributed by atoms with E-state index < -0.39 is 9.05 Å². The lowest BCUT2D eigenvalue weighted by molar-refractivity contribution is -0.130. The Labute approximate surface area is 117 Å². The first kappa shape index (κ1) is 15.8. The third kappa shape index (κ3) is 4.40.